The van der Waals surface area contributed by atoms with Crippen LogP contribution >= 0.6 is 27.3 Å². The zero-order valence-electron chi connectivity index (χ0n) is 10.4. The van der Waals surface area contributed by atoms with Crippen LogP contribution in [-0.4, -0.2) is 19.4 Å². The summed E-state index contributed by atoms with van der Waals surface area (Å²) < 4.78 is 7.72. The summed E-state index contributed by atoms with van der Waals surface area (Å²) in [5, 5.41) is 22.4. The Hall–Kier alpha value is -1.97. The number of aliphatic hydroxyl groups excluding tert-OH is 1. The molecule has 7 nitrogen and oxygen atoms in total. The van der Waals surface area contributed by atoms with Crippen LogP contribution in [0.4, 0.5) is 5.69 Å². The average molecular weight is 370 g/mol. The van der Waals surface area contributed by atoms with Crippen LogP contribution in [0.5, 0.6) is 11.6 Å². The van der Waals surface area contributed by atoms with Gasteiger partial charge in [-0.1, -0.05) is 6.07 Å². The van der Waals surface area contributed by atoms with Gasteiger partial charge in [0, 0.05) is 17.6 Å². The number of nitro benzene ring substituents is 1. The number of aromatic nitrogens is 2. The van der Waals surface area contributed by atoms with Gasteiger partial charge in [0.2, 0.25) is 11.6 Å². The number of nitro groups is 1. The van der Waals surface area contributed by atoms with Crippen molar-refractivity contribution in [1.29, 1.82) is 0 Å². The molecule has 1 N–H and O–H groups in total. The van der Waals surface area contributed by atoms with E-state index in [0.717, 1.165) is 0 Å². The van der Waals surface area contributed by atoms with E-state index in [1.54, 1.807) is 22.7 Å². The lowest BCUT2D eigenvalue weighted by Gasteiger charge is -2.07. The Bertz CT molecular complexity index is 829. The molecule has 0 saturated carbocycles. The lowest BCUT2D eigenvalue weighted by molar-refractivity contribution is -0.385. The third-order valence-corrected chi connectivity index (χ3v) is 4.20. The highest BCUT2D eigenvalue weighted by Gasteiger charge is 2.22. The quantitative estimate of drug-likeness (QED) is 0.562. The van der Waals surface area contributed by atoms with Gasteiger partial charge in [-0.05, 0) is 22.0 Å². The SMILES string of the molecule is O=[N+]([O-])c1cccc(Br)c1Oc1nc2sccn2c1CO. The van der Waals surface area contributed by atoms with Gasteiger partial charge in [0.1, 0.15) is 5.69 Å². The number of hydrogen-bond donors (Lipinski definition) is 1. The van der Waals surface area contributed by atoms with Crippen molar-refractivity contribution in [1.82, 2.24) is 9.38 Å². The van der Waals surface area contributed by atoms with Crippen LogP contribution in [0.3, 0.4) is 0 Å². The van der Waals surface area contributed by atoms with E-state index in [2.05, 4.69) is 20.9 Å². The number of fused-ring (bicyclic) bond motifs is 1. The first-order valence-electron chi connectivity index (χ1n) is 5.78. The molecule has 0 aliphatic rings. The monoisotopic (exact) mass is 369 g/mol. The smallest absolute Gasteiger partial charge is 0.312 e. The van der Waals surface area contributed by atoms with Crippen molar-refractivity contribution in [3.63, 3.8) is 0 Å². The van der Waals surface area contributed by atoms with Gasteiger partial charge in [-0.15, -0.1) is 11.3 Å². The van der Waals surface area contributed by atoms with Crippen molar-refractivity contribution in [2.75, 3.05) is 0 Å². The van der Waals surface area contributed by atoms with Crippen LogP contribution in [-0.2, 0) is 6.61 Å². The predicted molar refractivity (Wildman–Crippen MR) is 79.9 cm³/mol. The molecule has 9 heteroatoms. The maximum atomic E-state index is 11.1. The normalized spacial score (nSPS) is 11.0. The number of nitrogens with zero attached hydrogens (tertiary/aromatic N) is 3. The maximum absolute atomic E-state index is 11.1. The Balaban J connectivity index is 2.10. The van der Waals surface area contributed by atoms with Crippen molar-refractivity contribution >= 4 is 37.9 Å². The second-order valence-corrected chi connectivity index (χ2v) is 5.75. The summed E-state index contributed by atoms with van der Waals surface area (Å²) in [7, 11) is 0. The molecule has 0 bridgehead atoms. The van der Waals surface area contributed by atoms with E-state index < -0.39 is 4.92 Å². The fourth-order valence-corrected chi connectivity index (χ4v) is 3.04. The first-order valence-corrected chi connectivity index (χ1v) is 7.45. The number of imidazole rings is 1. The molecule has 0 radical (unpaired) electrons. The van der Waals surface area contributed by atoms with Gasteiger partial charge in [-0.3, -0.25) is 14.5 Å². The zero-order chi connectivity index (χ0) is 15.0. The van der Waals surface area contributed by atoms with E-state index in [1.165, 1.54) is 17.4 Å². The van der Waals surface area contributed by atoms with Crippen molar-refractivity contribution in [3.05, 3.63) is 50.1 Å². The van der Waals surface area contributed by atoms with E-state index in [4.69, 9.17) is 4.74 Å². The summed E-state index contributed by atoms with van der Waals surface area (Å²) in [4.78, 5) is 15.4. The van der Waals surface area contributed by atoms with Crippen molar-refractivity contribution in [2.45, 2.75) is 6.61 Å². The molecule has 0 amide bonds. The lowest BCUT2D eigenvalue weighted by Crippen LogP contribution is -1.97. The molecule has 21 heavy (non-hydrogen) atoms. The molecule has 2 heterocycles. The van der Waals surface area contributed by atoms with E-state index in [1.807, 2.05) is 5.38 Å². The van der Waals surface area contributed by atoms with Gasteiger partial charge in [0.25, 0.3) is 0 Å². The minimum absolute atomic E-state index is 0.0583. The van der Waals surface area contributed by atoms with Crippen LogP contribution in [0.15, 0.2) is 34.2 Å². The second-order valence-electron chi connectivity index (χ2n) is 4.02. The topological polar surface area (TPSA) is 89.9 Å². The summed E-state index contributed by atoms with van der Waals surface area (Å²) in [6, 6.07) is 4.53. The largest absolute Gasteiger partial charge is 0.429 e. The van der Waals surface area contributed by atoms with Crippen molar-refractivity contribution in [2.24, 2.45) is 0 Å². The fourth-order valence-electron chi connectivity index (χ4n) is 1.88. The Labute approximate surface area is 130 Å². The standard InChI is InChI=1S/C12H8BrN3O4S/c13-7-2-1-3-8(16(18)19)10(7)20-11-9(6-17)15-4-5-21-12(15)14-11/h1-5,17H,6H2. The Morgan fingerprint density at radius 2 is 2.33 bits per heavy atom. The molecule has 3 rings (SSSR count). The fraction of sp³-hybridized carbons (Fsp3) is 0.0833. The van der Waals surface area contributed by atoms with E-state index in [9.17, 15) is 15.2 Å². The molecule has 108 valence electrons. The van der Waals surface area contributed by atoms with Gasteiger partial charge < -0.3 is 9.84 Å². The van der Waals surface area contributed by atoms with Gasteiger partial charge >= 0.3 is 5.69 Å². The summed E-state index contributed by atoms with van der Waals surface area (Å²) >= 11 is 4.61. The molecule has 0 aliphatic carbocycles. The first-order chi connectivity index (χ1) is 10.1. The lowest BCUT2D eigenvalue weighted by atomic mass is 10.3. The van der Waals surface area contributed by atoms with Crippen LogP contribution in [0.25, 0.3) is 4.96 Å². The third kappa shape index (κ3) is 2.39. The summed E-state index contributed by atoms with van der Waals surface area (Å²) in [6.07, 6.45) is 1.75. The van der Waals surface area contributed by atoms with E-state index >= 15 is 0 Å². The molecule has 0 aliphatic heterocycles. The van der Waals surface area contributed by atoms with Gasteiger partial charge in [0.15, 0.2) is 4.96 Å². The molecule has 1 aromatic carbocycles. The minimum atomic E-state index is -0.531. The second kappa shape index (κ2) is 5.43. The molecule has 0 spiro atoms. The van der Waals surface area contributed by atoms with E-state index in [0.29, 0.717) is 15.1 Å². The number of aliphatic hydroxyl groups is 1. The highest BCUT2D eigenvalue weighted by Crippen LogP contribution is 2.39. The molecule has 0 fully saturated rings. The van der Waals surface area contributed by atoms with Gasteiger partial charge in [-0.2, -0.15) is 4.98 Å². The minimum Gasteiger partial charge on any atom is -0.429 e. The number of rotatable bonds is 4. The number of benzene rings is 1. The Morgan fingerprint density at radius 3 is 3.05 bits per heavy atom. The molecule has 0 atom stereocenters. The number of para-hydroxylation sites is 1. The molecular formula is C12H8BrN3O4S. The molecule has 0 unspecified atom stereocenters. The van der Waals surface area contributed by atoms with Crippen molar-refractivity contribution < 1.29 is 14.8 Å². The molecule has 2 aromatic heterocycles. The Kier molecular flexibility index (Phi) is 3.62. The van der Waals surface area contributed by atoms with Crippen LogP contribution in [0.1, 0.15) is 5.69 Å². The highest BCUT2D eigenvalue weighted by molar-refractivity contribution is 9.10. The highest BCUT2D eigenvalue weighted by atomic mass is 79.9. The number of halogens is 1. The first kappa shape index (κ1) is 14.0. The van der Waals surface area contributed by atoms with Crippen LogP contribution in [0, 0.1) is 10.1 Å². The van der Waals surface area contributed by atoms with Crippen LogP contribution < -0.4 is 4.74 Å². The van der Waals surface area contributed by atoms with Crippen LogP contribution in [0.2, 0.25) is 0 Å². The molecule has 3 aromatic rings. The summed E-state index contributed by atoms with van der Waals surface area (Å²) in [5.74, 6) is 0.210. The van der Waals surface area contributed by atoms with E-state index in [-0.39, 0.29) is 23.9 Å². The van der Waals surface area contributed by atoms with Crippen molar-refractivity contribution in [3.8, 4) is 11.6 Å². The summed E-state index contributed by atoms with van der Waals surface area (Å²) in [5.41, 5.74) is 0.265. The third-order valence-electron chi connectivity index (χ3n) is 2.82. The average Bonchev–Trinajstić information content (AvgIpc) is 3.00. The Morgan fingerprint density at radius 1 is 1.52 bits per heavy atom. The maximum Gasteiger partial charge on any atom is 0.312 e. The predicted octanol–water partition coefficient (Wildman–Crippen LogP) is 3.35. The molecule has 0 saturated heterocycles. The number of hydrogen-bond acceptors (Lipinski definition) is 6. The molecular weight excluding hydrogens is 362 g/mol. The van der Waals surface area contributed by atoms with Gasteiger partial charge in [0.05, 0.1) is 16.0 Å². The number of ether oxygens (including phenoxy) is 1. The summed E-state index contributed by atoms with van der Waals surface area (Å²) in [6.45, 7) is -0.286. The number of thiazole rings is 1. The van der Waals surface area contributed by atoms with Gasteiger partial charge in [-0.25, -0.2) is 0 Å². The zero-order valence-corrected chi connectivity index (χ0v) is 12.8.